The first-order valence-corrected chi connectivity index (χ1v) is 7.40. The normalized spacial score (nSPS) is 11.1. The summed E-state index contributed by atoms with van der Waals surface area (Å²) in [5.41, 5.74) is 2.77. The first-order chi connectivity index (χ1) is 10.6. The largest absolute Gasteiger partial charge is 0.380 e. The van der Waals surface area contributed by atoms with Crippen molar-refractivity contribution in [2.24, 2.45) is 0 Å². The number of methoxy groups -OCH3 is 1. The second-order valence-corrected chi connectivity index (χ2v) is 5.01. The van der Waals surface area contributed by atoms with Crippen molar-refractivity contribution in [3.63, 3.8) is 0 Å². The van der Waals surface area contributed by atoms with Gasteiger partial charge >= 0.3 is 0 Å². The highest BCUT2D eigenvalue weighted by molar-refractivity contribution is 6.68. The molecule has 0 aromatic heterocycles. The molecule has 4 nitrogen and oxygen atoms in total. The molecule has 1 rings (SSSR count). The molecule has 0 bridgehead atoms. The van der Waals surface area contributed by atoms with E-state index in [9.17, 15) is 0 Å². The van der Waals surface area contributed by atoms with Crippen LogP contribution in [-0.2, 0) is 11.3 Å². The van der Waals surface area contributed by atoms with Crippen molar-refractivity contribution in [1.82, 2.24) is 10.6 Å². The Hall–Kier alpha value is -1.96. The Bertz CT molecular complexity index is 599. The van der Waals surface area contributed by atoms with Gasteiger partial charge in [0, 0.05) is 38.3 Å². The van der Waals surface area contributed by atoms with E-state index in [1.165, 1.54) is 0 Å². The van der Waals surface area contributed by atoms with Crippen molar-refractivity contribution in [1.29, 1.82) is 5.41 Å². The average molecular weight is 320 g/mol. The van der Waals surface area contributed by atoms with Crippen LogP contribution in [0.3, 0.4) is 0 Å². The second-order valence-electron chi connectivity index (χ2n) is 4.63. The lowest BCUT2D eigenvalue weighted by Crippen LogP contribution is -2.26. The van der Waals surface area contributed by atoms with Gasteiger partial charge in [-0.25, -0.2) is 0 Å². The molecular weight excluding hydrogens is 298 g/mol. The minimum atomic E-state index is 0.0245. The topological polar surface area (TPSA) is 57.1 Å². The minimum Gasteiger partial charge on any atom is -0.380 e. The predicted molar refractivity (Wildman–Crippen MR) is 92.0 cm³/mol. The molecule has 0 aliphatic heterocycles. The Morgan fingerprint density at radius 1 is 1.36 bits per heavy atom. The van der Waals surface area contributed by atoms with E-state index in [1.807, 2.05) is 24.3 Å². The summed E-state index contributed by atoms with van der Waals surface area (Å²) in [5.74, 6) is 7.06. The van der Waals surface area contributed by atoms with Crippen LogP contribution in [0, 0.1) is 17.3 Å². The molecule has 118 valence electrons. The number of nitrogens with one attached hydrogen (secondary N) is 3. The highest BCUT2D eigenvalue weighted by Gasteiger charge is 2.03. The fourth-order valence-corrected chi connectivity index (χ4v) is 1.94. The molecule has 5 heteroatoms. The molecule has 0 fully saturated rings. The summed E-state index contributed by atoms with van der Waals surface area (Å²) < 4.78 is 5.16. The summed E-state index contributed by atoms with van der Waals surface area (Å²) in [6, 6.07) is 7.96. The zero-order chi connectivity index (χ0) is 16.4. The number of hydrogen-bond acceptors (Lipinski definition) is 4. The van der Waals surface area contributed by atoms with Crippen LogP contribution < -0.4 is 10.6 Å². The van der Waals surface area contributed by atoms with E-state index in [-0.39, 0.29) is 5.17 Å². The van der Waals surface area contributed by atoms with Gasteiger partial charge in [-0.15, -0.1) is 0 Å². The maximum atomic E-state index is 7.41. The Kier molecular flexibility index (Phi) is 8.13. The molecule has 1 aromatic rings. The van der Waals surface area contributed by atoms with Crippen LogP contribution in [0.4, 0.5) is 0 Å². The smallest absolute Gasteiger partial charge is 0.127 e. The van der Waals surface area contributed by atoms with Crippen molar-refractivity contribution < 1.29 is 4.74 Å². The second kappa shape index (κ2) is 9.88. The molecule has 0 saturated heterocycles. The number of halogens is 1. The lowest BCUT2D eigenvalue weighted by Gasteiger charge is -2.11. The third kappa shape index (κ3) is 5.80. The fraction of sp³-hybridized carbons (Fsp3) is 0.353. The number of allylic oxidation sites excluding steroid dienone is 1. The maximum absolute atomic E-state index is 7.41. The lowest BCUT2D eigenvalue weighted by atomic mass is 10.1. The highest BCUT2D eigenvalue weighted by Crippen LogP contribution is 2.08. The molecule has 0 atom stereocenters. The van der Waals surface area contributed by atoms with Crippen molar-refractivity contribution in [3.05, 3.63) is 46.8 Å². The summed E-state index contributed by atoms with van der Waals surface area (Å²) >= 11 is 5.67. The zero-order valence-electron chi connectivity index (χ0n) is 13.2. The molecule has 0 spiro atoms. The molecule has 0 saturated carbocycles. The summed E-state index contributed by atoms with van der Waals surface area (Å²) in [4.78, 5) is 0. The third-order valence-electron chi connectivity index (χ3n) is 3.05. The summed E-state index contributed by atoms with van der Waals surface area (Å²) in [5, 5.41) is 13.6. The van der Waals surface area contributed by atoms with Gasteiger partial charge in [-0.05, 0) is 18.6 Å². The Morgan fingerprint density at radius 3 is 2.73 bits per heavy atom. The monoisotopic (exact) mass is 319 g/mol. The van der Waals surface area contributed by atoms with E-state index in [2.05, 4.69) is 22.5 Å². The molecule has 0 unspecified atom stereocenters. The van der Waals surface area contributed by atoms with Gasteiger partial charge in [-0.3, -0.25) is 5.41 Å². The molecule has 22 heavy (non-hydrogen) atoms. The third-order valence-corrected chi connectivity index (χ3v) is 3.33. The van der Waals surface area contributed by atoms with Crippen molar-refractivity contribution in [2.75, 3.05) is 20.7 Å². The number of hydrogen-bond donors (Lipinski definition) is 3. The summed E-state index contributed by atoms with van der Waals surface area (Å²) in [6.45, 7) is 3.03. The molecule has 0 aliphatic rings. The molecule has 3 N–H and O–H groups in total. The quantitative estimate of drug-likeness (QED) is 0.411. The van der Waals surface area contributed by atoms with Crippen LogP contribution in [0.1, 0.15) is 24.5 Å². The van der Waals surface area contributed by atoms with E-state index in [4.69, 9.17) is 21.7 Å². The average Bonchev–Trinajstić information content (AvgIpc) is 2.52. The molecule has 0 heterocycles. The van der Waals surface area contributed by atoms with E-state index in [1.54, 1.807) is 21.1 Å². The molecule has 1 aromatic carbocycles. The predicted octanol–water partition coefficient (Wildman–Crippen LogP) is 2.83. The maximum Gasteiger partial charge on any atom is 0.127 e. The molecule has 0 aliphatic carbocycles. The Morgan fingerprint density at radius 2 is 2.09 bits per heavy atom. The zero-order valence-corrected chi connectivity index (χ0v) is 14.0. The van der Waals surface area contributed by atoms with Crippen LogP contribution in [0.5, 0.6) is 0 Å². The van der Waals surface area contributed by atoms with Gasteiger partial charge in [0.2, 0.25) is 0 Å². The summed E-state index contributed by atoms with van der Waals surface area (Å²) in [7, 11) is 3.47. The van der Waals surface area contributed by atoms with Gasteiger partial charge in [0.1, 0.15) is 11.0 Å². The van der Waals surface area contributed by atoms with Crippen LogP contribution in [0.15, 0.2) is 35.7 Å². The minimum absolute atomic E-state index is 0.0245. The fourth-order valence-electron chi connectivity index (χ4n) is 1.85. The number of rotatable bonds is 7. The van der Waals surface area contributed by atoms with Crippen LogP contribution in [0.2, 0.25) is 0 Å². The van der Waals surface area contributed by atoms with E-state index >= 15 is 0 Å². The van der Waals surface area contributed by atoms with Gasteiger partial charge in [0.15, 0.2) is 0 Å². The van der Waals surface area contributed by atoms with E-state index in [0.717, 1.165) is 16.9 Å². The van der Waals surface area contributed by atoms with Gasteiger partial charge in [0.05, 0.1) is 6.61 Å². The number of ether oxygens (including phenoxy) is 1. The SMILES string of the molecule is CN/C(NCCC#Cc1ccccc1COC)=C(/C)C(=N)Cl. The Balaban J connectivity index is 2.59. The number of benzene rings is 1. The summed E-state index contributed by atoms with van der Waals surface area (Å²) in [6.07, 6.45) is 0.690. The van der Waals surface area contributed by atoms with E-state index in [0.29, 0.717) is 25.1 Å². The van der Waals surface area contributed by atoms with E-state index < -0.39 is 0 Å². The van der Waals surface area contributed by atoms with Gasteiger partial charge < -0.3 is 15.4 Å². The van der Waals surface area contributed by atoms with Gasteiger partial charge in [-0.2, -0.15) is 0 Å². The van der Waals surface area contributed by atoms with Crippen LogP contribution in [-0.4, -0.2) is 25.9 Å². The van der Waals surface area contributed by atoms with Crippen LogP contribution >= 0.6 is 11.6 Å². The molecule has 0 radical (unpaired) electrons. The standard InChI is InChI=1S/C17H22ClN3O/c1-13(16(18)19)17(20-2)21-11-7-6-9-14-8-4-5-10-15(14)12-22-3/h4-5,8,10,19-21H,7,11-12H2,1-3H3/b17-13+,19-16?. The van der Waals surface area contributed by atoms with Gasteiger partial charge in [0.25, 0.3) is 0 Å². The van der Waals surface area contributed by atoms with Crippen molar-refractivity contribution >= 4 is 16.8 Å². The Labute approximate surface area is 137 Å². The van der Waals surface area contributed by atoms with Crippen molar-refractivity contribution in [3.8, 4) is 11.8 Å². The molecule has 0 amide bonds. The lowest BCUT2D eigenvalue weighted by molar-refractivity contribution is 0.184. The highest BCUT2D eigenvalue weighted by atomic mass is 35.5. The first-order valence-electron chi connectivity index (χ1n) is 7.02. The van der Waals surface area contributed by atoms with Crippen LogP contribution in [0.25, 0.3) is 0 Å². The van der Waals surface area contributed by atoms with Crippen molar-refractivity contribution in [2.45, 2.75) is 20.0 Å². The molecular formula is C17H22ClN3O. The first kappa shape index (κ1) is 18.1. The van der Waals surface area contributed by atoms with Gasteiger partial charge in [-0.1, -0.05) is 41.6 Å².